The van der Waals surface area contributed by atoms with Gasteiger partial charge in [-0.2, -0.15) is 0 Å². The summed E-state index contributed by atoms with van der Waals surface area (Å²) in [5.74, 6) is -20.6. The Hall–Kier alpha value is -14.1. The topological polar surface area (TPSA) is 927 Å². The molecule has 53 nitrogen and oxygen atoms in total. The minimum atomic E-state index is -1.87. The molecule has 0 spiro atoms. The fourth-order valence-electron chi connectivity index (χ4n) is 12.7. The monoisotopic (exact) mass is 1910 g/mol. The van der Waals surface area contributed by atoms with Crippen LogP contribution in [0.3, 0.4) is 0 Å². The van der Waals surface area contributed by atoms with E-state index in [4.69, 9.17) is 68.8 Å². The highest BCUT2D eigenvalue weighted by molar-refractivity contribution is 6.01. The van der Waals surface area contributed by atoms with Crippen LogP contribution in [0.4, 0.5) is 0 Å². The Morgan fingerprint density at radius 1 is 0.326 bits per heavy atom. The van der Waals surface area contributed by atoms with E-state index < -0.39 is 248 Å². The molecule has 0 saturated carbocycles. The SMILES string of the molecule is C[C@H](NC(=O)CNC(=O)[C@@H](NC(=O)[C@H](Cc1ccccc1)NC(=O)CNC(=O)CNC(=O)[C@@H](N)Cc1ccccc1)[C@@H](C)O)C(=O)N[C@@H](CCCN=C(N)N)C(=O)N[C@@H](CCCCN)C(=O)N[C@@H](CO)C(=O)N[C@@H](C)C(=O)N[C@@H](CCCN=C(N)N)C(=O)N[C@@H](CCCCN)C(=O)N[C@@H](CCCCN)C(=O)N[C@@H](CCCN=C(N)N)C(=O)N[C@@H](CC(N)=O)C(=O)N[C@@H](CCC(N)=O)C(=O)O. The van der Waals surface area contributed by atoms with E-state index >= 15 is 0 Å². The van der Waals surface area contributed by atoms with Crippen LogP contribution in [-0.2, 0) is 104 Å². The van der Waals surface area contributed by atoms with E-state index in [2.05, 4.69) is 100 Å². The Morgan fingerprint density at radius 2 is 0.652 bits per heavy atom. The van der Waals surface area contributed by atoms with Crippen LogP contribution in [0.15, 0.2) is 75.6 Å². The number of rotatable bonds is 68. The third-order valence-electron chi connectivity index (χ3n) is 20.1. The van der Waals surface area contributed by atoms with Crippen molar-refractivity contribution in [1.82, 2.24) is 85.1 Å². The number of hydrogen-bond donors (Lipinski definition) is 31. The van der Waals surface area contributed by atoms with E-state index in [1.807, 2.05) is 0 Å². The lowest BCUT2D eigenvalue weighted by atomic mass is 10.0. The molecule has 0 heterocycles. The lowest BCUT2D eigenvalue weighted by Gasteiger charge is -2.28. The maximum Gasteiger partial charge on any atom is 0.326 e. The molecule has 2 aromatic carbocycles. The molecule has 2 rings (SSSR count). The molecule has 0 unspecified atom stereocenters. The zero-order valence-corrected chi connectivity index (χ0v) is 76.0. The first-order valence-corrected chi connectivity index (χ1v) is 43.9. The van der Waals surface area contributed by atoms with Crippen molar-refractivity contribution in [3.63, 3.8) is 0 Å². The average molecular weight is 1910 g/mol. The van der Waals surface area contributed by atoms with Gasteiger partial charge in [0.1, 0.15) is 78.5 Å². The summed E-state index contributed by atoms with van der Waals surface area (Å²) < 4.78 is 0. The molecule has 0 aliphatic heterocycles. The summed E-state index contributed by atoms with van der Waals surface area (Å²) in [5.41, 5.74) is 68.5. The third-order valence-corrected chi connectivity index (χ3v) is 20.1. The Balaban J connectivity index is 2.39. The van der Waals surface area contributed by atoms with E-state index in [1.165, 1.54) is 13.8 Å². The number of aliphatic carboxylic acids is 1. The number of aliphatic imine (C=N–C) groups is 3. The fraction of sp³-hybridized carbons (Fsp3) is 0.585. The van der Waals surface area contributed by atoms with Crippen molar-refractivity contribution in [2.75, 3.05) is 65.5 Å². The van der Waals surface area contributed by atoms with Gasteiger partial charge in [0.25, 0.3) is 0 Å². The molecule has 18 amide bonds. The second-order valence-electron chi connectivity index (χ2n) is 31.5. The Kier molecular flexibility index (Phi) is 56.1. The maximum absolute atomic E-state index is 14.6. The minimum absolute atomic E-state index is 0.00869. The number of aliphatic hydroxyl groups excluding tert-OH is 2. The highest BCUT2D eigenvalue weighted by atomic mass is 16.4. The number of carboxylic acids is 1. The standard InChI is InChI=1S/C82H137N31O22/c1-44(101-63(119)42-100-78(133)65(46(3)115)113-76(131)57(38-48-21-8-5-9-22-48)103-64(120)41-98-62(118)40-99-68(123)49(86)37-47-19-6-4-7-20-47)66(121)104-53(26-16-34-95-80(89)90)71(126)108-52(25-12-15-33-85)74(129)112-59(43-114)77(132)102-45(2)67(122)105-54(27-17-35-96-81(91)92)72(127)107-50(23-10-13-31-83)69(124)106-51(24-11-14-32-84)70(125)109-55(28-18-36-97-82(93)94)73(128)111-58(39-61(88)117)75(130)110-56(79(134)135)29-30-60(87)116/h4-9,19-22,44-46,49-59,65,114-115H,10-18,23-43,83-86H2,1-3H3,(H2,87,116)(H2,88,117)(H,98,118)(H,99,123)(H,100,133)(H,101,119)(H,102,132)(H,103,120)(H,104,121)(H,105,122)(H,106,124)(H,107,127)(H,108,126)(H,109,125)(H,110,130)(H,111,128)(H,112,129)(H,113,131)(H,134,135)(H4,89,90,95)(H4,91,92,96)(H4,93,94,97)/t44-,45-,46+,49-,50-,51-,52-,53-,54-,55-,56-,57-,58-,59-,65-/m0/s1. The number of benzene rings is 2. The lowest BCUT2D eigenvalue weighted by Crippen LogP contribution is -2.61. The van der Waals surface area contributed by atoms with Gasteiger partial charge in [0.05, 0.1) is 44.8 Å². The van der Waals surface area contributed by atoms with Crippen LogP contribution in [0.25, 0.3) is 0 Å². The number of nitrogens with one attached hydrogen (secondary N) is 16. The largest absolute Gasteiger partial charge is 0.480 e. The Bertz CT molecular complexity index is 4310. The second-order valence-corrected chi connectivity index (χ2v) is 31.5. The molecular weight excluding hydrogens is 1770 g/mol. The zero-order chi connectivity index (χ0) is 101. The predicted octanol–water partition coefficient (Wildman–Crippen LogP) is -13.4. The van der Waals surface area contributed by atoms with E-state index in [-0.39, 0.29) is 147 Å². The molecule has 0 aromatic heterocycles. The summed E-state index contributed by atoms with van der Waals surface area (Å²) in [7, 11) is 0. The molecule has 752 valence electrons. The molecule has 0 aliphatic carbocycles. The van der Waals surface area contributed by atoms with Crippen molar-refractivity contribution in [3.05, 3.63) is 71.8 Å². The molecule has 0 aliphatic rings. The quantitative estimate of drug-likeness (QED) is 0.0166. The number of carboxylic acid groups (broad SMARTS) is 1. The summed E-state index contributed by atoms with van der Waals surface area (Å²) in [6.07, 6.45) is -3.26. The van der Waals surface area contributed by atoms with Crippen LogP contribution in [0.5, 0.6) is 0 Å². The third kappa shape index (κ3) is 49.3. The fourth-order valence-corrected chi connectivity index (χ4v) is 12.7. The van der Waals surface area contributed by atoms with Crippen LogP contribution in [0.1, 0.15) is 147 Å². The van der Waals surface area contributed by atoms with Gasteiger partial charge in [-0.05, 0) is 161 Å². The molecule has 135 heavy (non-hydrogen) atoms. The predicted molar refractivity (Wildman–Crippen MR) is 491 cm³/mol. The number of primary amides is 2. The maximum atomic E-state index is 14.6. The van der Waals surface area contributed by atoms with E-state index in [0.29, 0.717) is 24.8 Å². The summed E-state index contributed by atoms with van der Waals surface area (Å²) >= 11 is 0. The number of nitrogens with two attached hydrogens (primary N) is 12. The van der Waals surface area contributed by atoms with Crippen molar-refractivity contribution in [2.45, 2.75) is 240 Å². The number of aliphatic hydroxyl groups is 2. The van der Waals surface area contributed by atoms with Crippen molar-refractivity contribution in [2.24, 2.45) is 83.8 Å². The molecule has 0 saturated heterocycles. The number of carbonyl (C=O) groups excluding carboxylic acids is 18. The van der Waals surface area contributed by atoms with Gasteiger partial charge in [-0.3, -0.25) is 101 Å². The minimum Gasteiger partial charge on any atom is -0.480 e. The smallest absolute Gasteiger partial charge is 0.326 e. The van der Waals surface area contributed by atoms with Gasteiger partial charge in [0.15, 0.2) is 17.9 Å². The number of unbranched alkanes of at least 4 members (excludes halogenated alkanes) is 3. The number of hydrogen-bond acceptors (Lipinski definition) is 28. The Labute approximate surface area is 779 Å². The van der Waals surface area contributed by atoms with Crippen molar-refractivity contribution >= 4 is 130 Å². The molecule has 0 bridgehead atoms. The highest BCUT2D eigenvalue weighted by Gasteiger charge is 2.38. The van der Waals surface area contributed by atoms with Crippen LogP contribution < -0.4 is 154 Å². The van der Waals surface area contributed by atoms with Gasteiger partial charge < -0.3 is 169 Å². The van der Waals surface area contributed by atoms with Crippen molar-refractivity contribution in [3.8, 4) is 0 Å². The Morgan fingerprint density at radius 3 is 1.03 bits per heavy atom. The van der Waals surface area contributed by atoms with E-state index in [9.17, 15) is 106 Å². The summed E-state index contributed by atoms with van der Waals surface area (Å²) in [5, 5.41) is 69.7. The first-order valence-electron chi connectivity index (χ1n) is 43.9. The van der Waals surface area contributed by atoms with Gasteiger partial charge in [0.2, 0.25) is 106 Å². The van der Waals surface area contributed by atoms with Gasteiger partial charge >= 0.3 is 5.97 Å². The summed E-state index contributed by atoms with van der Waals surface area (Å²) in [4.78, 5) is 269. The van der Waals surface area contributed by atoms with Crippen LogP contribution in [-0.4, -0.2) is 302 Å². The number of carbonyl (C=O) groups is 19. The second kappa shape index (κ2) is 64.7. The van der Waals surface area contributed by atoms with Crippen LogP contribution in [0, 0.1) is 0 Å². The molecule has 43 N–H and O–H groups in total. The van der Waals surface area contributed by atoms with Crippen LogP contribution >= 0.6 is 0 Å². The summed E-state index contributed by atoms with van der Waals surface area (Å²) in [6.45, 7) is 0.380. The average Bonchev–Trinajstić information content (AvgIpc) is 0.845. The highest BCUT2D eigenvalue weighted by Crippen LogP contribution is 2.14. The molecular formula is C82H137N31O22. The molecule has 0 radical (unpaired) electrons. The van der Waals surface area contributed by atoms with Gasteiger partial charge in [-0.1, -0.05) is 60.7 Å². The zero-order valence-electron chi connectivity index (χ0n) is 76.0. The lowest BCUT2D eigenvalue weighted by molar-refractivity contribution is -0.143. The number of guanidine groups is 3. The van der Waals surface area contributed by atoms with E-state index in [1.54, 1.807) is 60.7 Å². The molecule has 15 atom stereocenters. The van der Waals surface area contributed by atoms with Gasteiger partial charge in [-0.25, -0.2) is 4.79 Å². The van der Waals surface area contributed by atoms with Gasteiger partial charge in [0, 0.05) is 32.5 Å². The van der Waals surface area contributed by atoms with Crippen LogP contribution in [0.2, 0.25) is 0 Å². The number of nitrogens with zero attached hydrogens (tertiary/aromatic N) is 3. The normalized spacial score (nSPS) is 14.2. The van der Waals surface area contributed by atoms with E-state index in [0.717, 1.165) is 12.5 Å². The molecule has 2 aromatic rings. The number of amides is 18. The van der Waals surface area contributed by atoms with Crippen molar-refractivity contribution < 1.29 is 106 Å². The molecule has 0 fully saturated rings. The first-order chi connectivity index (χ1) is 63.9. The first kappa shape index (κ1) is 117. The molecule has 53 heteroatoms. The summed E-state index contributed by atoms with van der Waals surface area (Å²) in [6, 6.07) is -4.84. The van der Waals surface area contributed by atoms with Gasteiger partial charge in [-0.15, -0.1) is 0 Å². The van der Waals surface area contributed by atoms with Crippen molar-refractivity contribution in [1.29, 1.82) is 0 Å².